The molecule has 0 radical (unpaired) electrons. The van der Waals surface area contributed by atoms with Crippen LogP contribution in [0.25, 0.3) is 0 Å². The van der Waals surface area contributed by atoms with Crippen molar-refractivity contribution in [3.63, 3.8) is 0 Å². The third kappa shape index (κ3) is 3.16. The second kappa shape index (κ2) is 5.18. The van der Waals surface area contributed by atoms with Crippen LogP contribution in [0.15, 0.2) is 18.2 Å². The van der Waals surface area contributed by atoms with Crippen molar-refractivity contribution in [2.75, 3.05) is 18.9 Å². The summed E-state index contributed by atoms with van der Waals surface area (Å²) < 4.78 is 42.7. The number of anilines is 1. The molecule has 1 aromatic rings. The number of hydrogen-bond donors (Lipinski definition) is 1. The Hall–Kier alpha value is -1.23. The Morgan fingerprint density at radius 2 is 1.89 bits per heavy atom. The van der Waals surface area contributed by atoms with Gasteiger partial charge in [-0.15, -0.1) is 0 Å². The van der Waals surface area contributed by atoms with Crippen LogP contribution in [0, 0.1) is 5.92 Å². The Labute approximate surface area is 104 Å². The van der Waals surface area contributed by atoms with E-state index in [1.54, 1.807) is 0 Å². The second-order valence-electron chi connectivity index (χ2n) is 4.67. The summed E-state index contributed by atoms with van der Waals surface area (Å²) >= 11 is 0. The second-order valence-corrected chi connectivity index (χ2v) is 4.67. The van der Waals surface area contributed by atoms with E-state index < -0.39 is 11.7 Å². The Morgan fingerprint density at radius 1 is 1.22 bits per heavy atom. The zero-order chi connectivity index (χ0) is 13.2. The summed E-state index contributed by atoms with van der Waals surface area (Å²) in [5.74, 6) is 0.456. The molecular formula is C13H16F3NO. The van der Waals surface area contributed by atoms with Crippen LogP contribution >= 0.6 is 0 Å². The van der Waals surface area contributed by atoms with E-state index in [1.165, 1.54) is 6.07 Å². The zero-order valence-electron chi connectivity index (χ0n) is 9.96. The van der Waals surface area contributed by atoms with Crippen molar-refractivity contribution >= 4 is 5.69 Å². The van der Waals surface area contributed by atoms with Gasteiger partial charge in [-0.2, -0.15) is 13.2 Å². The number of rotatable bonds is 2. The highest BCUT2D eigenvalue weighted by Gasteiger charge is 2.30. The Bertz CT molecular complexity index is 411. The fourth-order valence-electron chi connectivity index (χ4n) is 2.22. The maximum atomic E-state index is 12.5. The number of hydrogen-bond acceptors (Lipinski definition) is 2. The highest BCUT2D eigenvalue weighted by molar-refractivity contribution is 5.50. The summed E-state index contributed by atoms with van der Waals surface area (Å²) in [5, 5.41) is 0. The fourth-order valence-corrected chi connectivity index (χ4v) is 2.22. The van der Waals surface area contributed by atoms with E-state index in [4.69, 9.17) is 10.5 Å². The molecule has 0 aromatic heterocycles. The van der Waals surface area contributed by atoms with Crippen LogP contribution < -0.4 is 5.73 Å². The first-order valence-corrected chi connectivity index (χ1v) is 6.00. The third-order valence-corrected chi connectivity index (χ3v) is 3.32. The maximum absolute atomic E-state index is 12.5. The topological polar surface area (TPSA) is 35.2 Å². The van der Waals surface area contributed by atoms with E-state index in [1.807, 2.05) is 0 Å². The molecule has 1 heterocycles. The average molecular weight is 259 g/mol. The van der Waals surface area contributed by atoms with Gasteiger partial charge >= 0.3 is 6.18 Å². The SMILES string of the molecule is Nc1cc(C(F)(F)F)ccc1CC1CCOCC1. The molecule has 1 saturated heterocycles. The van der Waals surface area contributed by atoms with Gasteiger partial charge in [0.2, 0.25) is 0 Å². The molecule has 0 atom stereocenters. The number of alkyl halides is 3. The summed E-state index contributed by atoms with van der Waals surface area (Å²) in [7, 11) is 0. The van der Waals surface area contributed by atoms with Crippen molar-refractivity contribution in [1.29, 1.82) is 0 Å². The van der Waals surface area contributed by atoms with Gasteiger partial charge in [-0.05, 0) is 42.9 Å². The quantitative estimate of drug-likeness (QED) is 0.827. The zero-order valence-corrected chi connectivity index (χ0v) is 9.96. The minimum Gasteiger partial charge on any atom is -0.398 e. The standard InChI is InChI=1S/C13H16F3NO/c14-13(15,16)11-2-1-10(12(17)8-11)7-9-3-5-18-6-4-9/h1-2,8-9H,3-7,17H2. The minimum absolute atomic E-state index is 0.233. The normalized spacial score (nSPS) is 17.9. The van der Waals surface area contributed by atoms with Gasteiger partial charge in [0.15, 0.2) is 0 Å². The predicted molar refractivity (Wildman–Crippen MR) is 63.1 cm³/mol. The molecule has 2 N–H and O–H groups in total. The van der Waals surface area contributed by atoms with Crippen LogP contribution in [0.5, 0.6) is 0 Å². The molecule has 1 aromatic carbocycles. The van der Waals surface area contributed by atoms with Gasteiger partial charge in [0.25, 0.3) is 0 Å². The van der Waals surface area contributed by atoms with Crippen LogP contribution in [0.3, 0.4) is 0 Å². The number of ether oxygens (including phenoxy) is 1. The largest absolute Gasteiger partial charge is 0.416 e. The third-order valence-electron chi connectivity index (χ3n) is 3.32. The van der Waals surface area contributed by atoms with Crippen LogP contribution in [0.1, 0.15) is 24.0 Å². The lowest BCUT2D eigenvalue weighted by atomic mass is 9.91. The maximum Gasteiger partial charge on any atom is 0.416 e. The van der Waals surface area contributed by atoms with Crippen LogP contribution in [0.2, 0.25) is 0 Å². The number of benzene rings is 1. The van der Waals surface area contributed by atoms with Gasteiger partial charge in [0.1, 0.15) is 0 Å². The summed E-state index contributed by atoms with van der Waals surface area (Å²) in [6.45, 7) is 1.45. The molecule has 0 spiro atoms. The molecule has 18 heavy (non-hydrogen) atoms. The summed E-state index contributed by atoms with van der Waals surface area (Å²) in [4.78, 5) is 0. The van der Waals surface area contributed by atoms with Crippen LogP contribution in [-0.4, -0.2) is 13.2 Å². The van der Waals surface area contributed by atoms with E-state index in [9.17, 15) is 13.2 Å². The molecule has 0 bridgehead atoms. The first-order chi connectivity index (χ1) is 8.47. The Balaban J connectivity index is 2.09. The molecule has 0 saturated carbocycles. The van der Waals surface area contributed by atoms with Crippen molar-refractivity contribution in [3.8, 4) is 0 Å². The van der Waals surface area contributed by atoms with Gasteiger partial charge in [-0.25, -0.2) is 0 Å². The lowest BCUT2D eigenvalue weighted by Gasteiger charge is -2.22. The Kier molecular flexibility index (Phi) is 3.80. The van der Waals surface area contributed by atoms with Gasteiger partial charge in [-0.1, -0.05) is 6.07 Å². The lowest BCUT2D eigenvalue weighted by Crippen LogP contribution is -2.18. The van der Waals surface area contributed by atoms with Crippen molar-refractivity contribution in [3.05, 3.63) is 29.3 Å². The fraction of sp³-hybridized carbons (Fsp3) is 0.538. The number of nitrogens with two attached hydrogens (primary N) is 1. The minimum atomic E-state index is -4.33. The van der Waals surface area contributed by atoms with E-state index in [0.29, 0.717) is 5.92 Å². The van der Waals surface area contributed by atoms with Crippen LogP contribution in [0.4, 0.5) is 18.9 Å². The molecule has 2 nitrogen and oxygen atoms in total. The molecule has 0 unspecified atom stereocenters. The molecule has 5 heteroatoms. The van der Waals surface area contributed by atoms with Gasteiger partial charge in [0.05, 0.1) is 5.56 Å². The number of nitrogen functional groups attached to an aromatic ring is 1. The molecular weight excluding hydrogens is 243 g/mol. The van der Waals surface area contributed by atoms with E-state index in [0.717, 1.165) is 50.2 Å². The molecule has 0 aliphatic carbocycles. The summed E-state index contributed by atoms with van der Waals surface area (Å²) in [6, 6.07) is 3.62. The van der Waals surface area contributed by atoms with E-state index in [2.05, 4.69) is 0 Å². The van der Waals surface area contributed by atoms with Crippen LogP contribution in [-0.2, 0) is 17.3 Å². The first-order valence-electron chi connectivity index (χ1n) is 6.00. The molecule has 1 aliphatic rings. The molecule has 2 rings (SSSR count). The molecule has 0 amide bonds. The van der Waals surface area contributed by atoms with E-state index in [-0.39, 0.29) is 5.69 Å². The van der Waals surface area contributed by atoms with Gasteiger partial charge in [-0.3, -0.25) is 0 Å². The Morgan fingerprint density at radius 3 is 2.44 bits per heavy atom. The summed E-state index contributed by atoms with van der Waals surface area (Å²) in [5.41, 5.74) is 6.05. The van der Waals surface area contributed by atoms with Crippen molar-refractivity contribution in [2.24, 2.45) is 5.92 Å². The van der Waals surface area contributed by atoms with Crippen molar-refractivity contribution in [2.45, 2.75) is 25.4 Å². The first kappa shape index (κ1) is 13.2. The molecule has 100 valence electrons. The van der Waals surface area contributed by atoms with Gasteiger partial charge in [0, 0.05) is 18.9 Å². The summed E-state index contributed by atoms with van der Waals surface area (Å²) in [6.07, 6.45) is -1.71. The predicted octanol–water partition coefficient (Wildman–Crippen LogP) is 3.26. The van der Waals surface area contributed by atoms with Crippen molar-refractivity contribution < 1.29 is 17.9 Å². The van der Waals surface area contributed by atoms with Gasteiger partial charge < -0.3 is 10.5 Å². The highest BCUT2D eigenvalue weighted by atomic mass is 19.4. The average Bonchev–Trinajstić information content (AvgIpc) is 2.32. The smallest absolute Gasteiger partial charge is 0.398 e. The van der Waals surface area contributed by atoms with E-state index >= 15 is 0 Å². The lowest BCUT2D eigenvalue weighted by molar-refractivity contribution is -0.137. The van der Waals surface area contributed by atoms with Crippen molar-refractivity contribution in [1.82, 2.24) is 0 Å². The highest BCUT2D eigenvalue weighted by Crippen LogP contribution is 2.32. The monoisotopic (exact) mass is 259 g/mol. The molecule has 1 fully saturated rings. The molecule has 1 aliphatic heterocycles. The number of halogens is 3.